The van der Waals surface area contributed by atoms with Crippen molar-refractivity contribution >= 4 is 52.7 Å². The molecule has 1 aliphatic rings. The molecule has 0 spiro atoms. The number of nitro groups is 1. The molecule has 0 saturated carbocycles. The highest BCUT2D eigenvalue weighted by Gasteiger charge is 2.26. The molecule has 1 aliphatic heterocycles. The van der Waals surface area contributed by atoms with Crippen LogP contribution in [0.4, 0.5) is 5.69 Å². The monoisotopic (exact) mass is 417 g/mol. The van der Waals surface area contributed by atoms with Crippen LogP contribution in [0.1, 0.15) is 11.3 Å². The Morgan fingerprint density at radius 1 is 1.18 bits per heavy atom. The number of hydrogen-bond donors (Lipinski definition) is 3. The van der Waals surface area contributed by atoms with E-state index >= 15 is 0 Å². The maximum atomic E-state index is 11.9. The molecule has 142 valence electrons. The van der Waals surface area contributed by atoms with Crippen LogP contribution in [0.5, 0.6) is 0 Å². The van der Waals surface area contributed by atoms with Crippen molar-refractivity contribution in [3.63, 3.8) is 0 Å². The number of aromatic amines is 1. The van der Waals surface area contributed by atoms with Gasteiger partial charge in [-0.15, -0.1) is 0 Å². The summed E-state index contributed by atoms with van der Waals surface area (Å²) in [5.74, 6) is -1.40. The summed E-state index contributed by atoms with van der Waals surface area (Å²) in [5, 5.41) is 16.1. The van der Waals surface area contributed by atoms with E-state index in [1.807, 2.05) is 0 Å². The summed E-state index contributed by atoms with van der Waals surface area (Å²) >= 11 is 5.64. The van der Waals surface area contributed by atoms with Gasteiger partial charge in [0.05, 0.1) is 9.82 Å². The Labute approximate surface area is 166 Å². The first kappa shape index (κ1) is 19.4. The van der Waals surface area contributed by atoms with E-state index in [9.17, 15) is 24.5 Å². The number of aryl methyl sites for hydroxylation is 1. The normalized spacial score (nSPS) is 13.8. The molecule has 2 amide bonds. The van der Waals surface area contributed by atoms with Crippen molar-refractivity contribution in [2.24, 2.45) is 0 Å². The highest BCUT2D eigenvalue weighted by Crippen LogP contribution is 2.34. The fraction of sp³-hybridized carbons (Fsp3) is 0.0625. The molecule has 28 heavy (non-hydrogen) atoms. The highest BCUT2D eigenvalue weighted by molar-refractivity contribution is 7.99. The van der Waals surface area contributed by atoms with Crippen LogP contribution in [0.15, 0.2) is 44.7 Å². The minimum Gasteiger partial charge on any atom is -0.301 e. The number of carbonyl (C=O) groups is 2. The minimum atomic E-state index is -0.698. The number of aromatic nitrogens is 2. The SMILES string of the molecule is Cc1cc(=O)[nH]c(Sc2ccc(C=C3C(=O)NC(=S)NC3=O)cc2[N+](=O)[O-])n1. The fourth-order valence-corrected chi connectivity index (χ4v) is 3.44. The minimum absolute atomic E-state index is 0.107. The number of H-pyrrole nitrogens is 1. The van der Waals surface area contributed by atoms with Crippen LogP contribution in [0.25, 0.3) is 6.08 Å². The Morgan fingerprint density at radius 2 is 1.86 bits per heavy atom. The maximum Gasteiger partial charge on any atom is 0.283 e. The number of rotatable bonds is 4. The molecule has 2 heterocycles. The van der Waals surface area contributed by atoms with Crippen molar-refractivity contribution in [1.82, 2.24) is 20.6 Å². The van der Waals surface area contributed by atoms with Gasteiger partial charge in [0.1, 0.15) is 5.57 Å². The molecule has 1 fully saturated rings. The van der Waals surface area contributed by atoms with E-state index in [1.165, 1.54) is 30.3 Å². The van der Waals surface area contributed by atoms with E-state index in [2.05, 4.69) is 20.6 Å². The van der Waals surface area contributed by atoms with E-state index in [0.717, 1.165) is 11.8 Å². The molecule has 1 aromatic carbocycles. The van der Waals surface area contributed by atoms with Crippen molar-refractivity contribution in [2.75, 3.05) is 0 Å². The van der Waals surface area contributed by atoms with Gasteiger partial charge in [0.2, 0.25) is 0 Å². The summed E-state index contributed by atoms with van der Waals surface area (Å²) < 4.78 is 0. The van der Waals surface area contributed by atoms with Gasteiger partial charge in [0.25, 0.3) is 23.1 Å². The Balaban J connectivity index is 1.97. The molecule has 1 aromatic heterocycles. The Morgan fingerprint density at radius 3 is 2.46 bits per heavy atom. The van der Waals surface area contributed by atoms with Crippen molar-refractivity contribution in [3.8, 4) is 0 Å². The van der Waals surface area contributed by atoms with Gasteiger partial charge in [-0.2, -0.15) is 0 Å². The molecule has 3 N–H and O–H groups in total. The number of benzene rings is 1. The molecule has 0 bridgehead atoms. The number of thiocarbonyl (C=S) groups is 1. The van der Waals surface area contributed by atoms with Crippen molar-refractivity contribution in [3.05, 3.63) is 61.6 Å². The van der Waals surface area contributed by atoms with Gasteiger partial charge in [-0.1, -0.05) is 6.07 Å². The van der Waals surface area contributed by atoms with Crippen LogP contribution in [0, 0.1) is 17.0 Å². The second kappa shape index (κ2) is 7.70. The first-order valence-electron chi connectivity index (χ1n) is 7.65. The predicted octanol–water partition coefficient (Wildman–Crippen LogP) is 1.05. The smallest absolute Gasteiger partial charge is 0.283 e. The number of nitro benzene ring substituents is 1. The second-order valence-electron chi connectivity index (χ2n) is 5.57. The van der Waals surface area contributed by atoms with Crippen molar-refractivity contribution in [1.29, 1.82) is 0 Å². The third-order valence-corrected chi connectivity index (χ3v) is 4.64. The molecule has 10 nitrogen and oxygen atoms in total. The van der Waals surface area contributed by atoms with E-state index in [1.54, 1.807) is 6.92 Å². The summed E-state index contributed by atoms with van der Waals surface area (Å²) in [5.41, 5.74) is -0.118. The zero-order chi connectivity index (χ0) is 20.4. The molecule has 0 atom stereocenters. The Kier molecular flexibility index (Phi) is 5.33. The number of carbonyl (C=O) groups excluding carboxylic acids is 2. The number of hydrogen-bond acceptors (Lipinski definition) is 8. The first-order valence-corrected chi connectivity index (χ1v) is 8.88. The summed E-state index contributed by atoms with van der Waals surface area (Å²) in [4.78, 5) is 53.1. The second-order valence-corrected chi connectivity index (χ2v) is 7.01. The van der Waals surface area contributed by atoms with E-state index in [4.69, 9.17) is 12.2 Å². The quantitative estimate of drug-likeness (QED) is 0.167. The standard InChI is InChI=1S/C16H11N5O5S2/c1-7-4-12(22)18-16(17-7)28-11-3-2-8(6-10(11)21(25)26)5-9-13(23)19-15(27)20-14(9)24/h2-6H,1H3,(H,17,18,22)(H2,19,20,23,24,27). The maximum absolute atomic E-state index is 11.9. The number of nitrogens with one attached hydrogen (secondary N) is 3. The lowest BCUT2D eigenvalue weighted by Crippen LogP contribution is -2.51. The molecular formula is C16H11N5O5S2. The van der Waals surface area contributed by atoms with Crippen LogP contribution in [-0.4, -0.2) is 31.8 Å². The summed E-state index contributed by atoms with van der Waals surface area (Å²) in [6, 6.07) is 5.47. The zero-order valence-electron chi connectivity index (χ0n) is 14.1. The van der Waals surface area contributed by atoms with Crippen LogP contribution in [-0.2, 0) is 9.59 Å². The first-order chi connectivity index (χ1) is 13.2. The van der Waals surface area contributed by atoms with E-state index < -0.39 is 16.7 Å². The molecule has 1 saturated heterocycles. The van der Waals surface area contributed by atoms with Crippen LogP contribution >= 0.6 is 24.0 Å². The summed E-state index contributed by atoms with van der Waals surface area (Å²) in [6.07, 6.45) is 1.22. The zero-order valence-corrected chi connectivity index (χ0v) is 15.8. The Hall–Kier alpha value is -3.38. The lowest BCUT2D eigenvalue weighted by atomic mass is 10.1. The van der Waals surface area contributed by atoms with Gasteiger partial charge >= 0.3 is 0 Å². The molecule has 3 rings (SSSR count). The number of nitrogens with zero attached hydrogens (tertiary/aromatic N) is 2. The van der Waals surface area contributed by atoms with Crippen molar-refractivity contribution < 1.29 is 14.5 Å². The molecule has 0 radical (unpaired) electrons. The third-order valence-electron chi connectivity index (χ3n) is 3.49. The summed E-state index contributed by atoms with van der Waals surface area (Å²) in [6.45, 7) is 1.63. The van der Waals surface area contributed by atoms with E-state index in [0.29, 0.717) is 5.69 Å². The average molecular weight is 417 g/mol. The van der Waals surface area contributed by atoms with Crippen molar-refractivity contribution in [2.45, 2.75) is 17.0 Å². The predicted molar refractivity (Wildman–Crippen MR) is 104 cm³/mol. The molecule has 12 heteroatoms. The van der Waals surface area contributed by atoms with Crippen LogP contribution < -0.4 is 16.2 Å². The molecule has 0 aliphatic carbocycles. The fourth-order valence-electron chi connectivity index (χ4n) is 2.33. The Bertz CT molecular complexity index is 1100. The highest BCUT2D eigenvalue weighted by atomic mass is 32.2. The molecule has 0 unspecified atom stereocenters. The van der Waals surface area contributed by atoms with Gasteiger partial charge in [-0.3, -0.25) is 35.1 Å². The largest absolute Gasteiger partial charge is 0.301 e. The topological polar surface area (TPSA) is 147 Å². The van der Waals surface area contributed by atoms with Gasteiger partial charge in [-0.25, -0.2) is 4.98 Å². The van der Waals surface area contributed by atoms with Crippen LogP contribution in [0.3, 0.4) is 0 Å². The van der Waals surface area contributed by atoms with Gasteiger partial charge in [0, 0.05) is 17.8 Å². The van der Waals surface area contributed by atoms with Gasteiger partial charge in [-0.05, 0) is 48.6 Å². The average Bonchev–Trinajstić information content (AvgIpc) is 2.58. The van der Waals surface area contributed by atoms with Gasteiger partial charge in [0.15, 0.2) is 10.3 Å². The molecule has 2 aromatic rings. The summed E-state index contributed by atoms with van der Waals surface area (Å²) in [7, 11) is 0. The third kappa shape index (κ3) is 4.29. The lowest BCUT2D eigenvalue weighted by molar-refractivity contribution is -0.387. The molecular weight excluding hydrogens is 406 g/mol. The number of amides is 2. The van der Waals surface area contributed by atoms with Gasteiger partial charge < -0.3 is 4.98 Å². The van der Waals surface area contributed by atoms with E-state index in [-0.39, 0.29) is 37.5 Å². The lowest BCUT2D eigenvalue weighted by Gasteiger charge is -2.16. The van der Waals surface area contributed by atoms with Crippen LogP contribution in [0.2, 0.25) is 0 Å².